The average Bonchev–Trinajstić information content (AvgIpc) is 2.38. The number of aryl methyl sites for hydroxylation is 1. The molecular weight excluding hydrogens is 248 g/mol. The highest BCUT2D eigenvalue weighted by molar-refractivity contribution is 5.89. The van der Waals surface area contributed by atoms with Gasteiger partial charge in [0.1, 0.15) is 17.3 Å². The van der Waals surface area contributed by atoms with Crippen LogP contribution in [-0.2, 0) is 4.74 Å². The van der Waals surface area contributed by atoms with Crippen molar-refractivity contribution in [2.24, 2.45) is 5.92 Å². The molecule has 0 aromatic heterocycles. The van der Waals surface area contributed by atoms with Crippen molar-refractivity contribution in [3.63, 3.8) is 0 Å². The minimum absolute atomic E-state index is 0.351. The fourth-order valence-corrected chi connectivity index (χ4v) is 3.10. The summed E-state index contributed by atoms with van der Waals surface area (Å²) in [5.41, 5.74) is 4.04. The summed E-state index contributed by atoms with van der Waals surface area (Å²) >= 11 is 0. The van der Waals surface area contributed by atoms with E-state index in [1.165, 1.54) is 5.56 Å². The monoisotopic (exact) mass is 268 g/mol. The van der Waals surface area contributed by atoms with Crippen LogP contribution in [0.3, 0.4) is 0 Å². The van der Waals surface area contributed by atoms with Gasteiger partial charge in [0.15, 0.2) is 0 Å². The number of aliphatic hydroxyl groups is 1. The van der Waals surface area contributed by atoms with E-state index in [1.807, 2.05) is 18.2 Å². The van der Waals surface area contributed by atoms with E-state index in [1.54, 1.807) is 0 Å². The van der Waals surface area contributed by atoms with E-state index < -0.39 is 0 Å². The average molecular weight is 268 g/mol. The van der Waals surface area contributed by atoms with Gasteiger partial charge < -0.3 is 9.84 Å². The summed E-state index contributed by atoms with van der Waals surface area (Å²) < 4.78 is 5.89. The molecule has 1 aliphatic carbocycles. The molecule has 104 valence electrons. The van der Waals surface area contributed by atoms with Gasteiger partial charge in [-0.05, 0) is 30.9 Å². The van der Waals surface area contributed by atoms with Crippen LogP contribution in [0, 0.1) is 12.8 Å². The lowest BCUT2D eigenvalue weighted by Crippen LogP contribution is -2.15. The third kappa shape index (κ3) is 2.05. The molecule has 1 unspecified atom stereocenters. The van der Waals surface area contributed by atoms with Gasteiger partial charge in [0.25, 0.3) is 0 Å². The number of hydrogen-bond donors (Lipinski definition) is 1. The van der Waals surface area contributed by atoms with E-state index >= 15 is 0 Å². The van der Waals surface area contributed by atoms with Gasteiger partial charge in [-0.1, -0.05) is 43.7 Å². The molecule has 1 aromatic rings. The first-order valence-electron chi connectivity index (χ1n) is 7.22. The Hall–Kier alpha value is -1.96. The van der Waals surface area contributed by atoms with E-state index in [0.29, 0.717) is 17.4 Å². The molecule has 0 amide bonds. The largest absolute Gasteiger partial charge is 0.508 e. The summed E-state index contributed by atoms with van der Waals surface area (Å²) in [4.78, 5) is 0. The zero-order chi connectivity index (χ0) is 14.3. The van der Waals surface area contributed by atoms with E-state index in [4.69, 9.17) is 4.74 Å². The normalized spacial score (nSPS) is 21.0. The molecule has 0 saturated carbocycles. The molecule has 0 saturated heterocycles. The number of allylic oxidation sites excluding steroid dienone is 3. The zero-order valence-corrected chi connectivity index (χ0v) is 12.1. The lowest BCUT2D eigenvalue weighted by molar-refractivity contribution is 0.321. The number of fused-ring (bicyclic) bond motifs is 2. The van der Waals surface area contributed by atoms with Gasteiger partial charge in [-0.2, -0.15) is 0 Å². The number of rotatable bonds is 2. The fraction of sp³-hybridized carbons (Fsp3) is 0.333. The van der Waals surface area contributed by atoms with Crippen LogP contribution in [0.2, 0.25) is 0 Å². The fourth-order valence-electron chi connectivity index (χ4n) is 3.10. The van der Waals surface area contributed by atoms with Gasteiger partial charge >= 0.3 is 0 Å². The Kier molecular flexibility index (Phi) is 3.17. The second kappa shape index (κ2) is 4.86. The number of ether oxygens (including phenoxy) is 1. The van der Waals surface area contributed by atoms with E-state index in [-0.39, 0.29) is 0 Å². The maximum absolute atomic E-state index is 10.4. The van der Waals surface area contributed by atoms with Crippen LogP contribution in [0.4, 0.5) is 0 Å². The van der Waals surface area contributed by atoms with Crippen LogP contribution in [-0.4, -0.2) is 5.11 Å². The predicted molar refractivity (Wildman–Crippen MR) is 81.9 cm³/mol. The highest BCUT2D eigenvalue weighted by Crippen LogP contribution is 2.44. The molecule has 1 atom stereocenters. The van der Waals surface area contributed by atoms with Crippen molar-refractivity contribution in [2.75, 3.05) is 0 Å². The van der Waals surface area contributed by atoms with Crippen molar-refractivity contribution in [3.05, 3.63) is 59.1 Å². The molecule has 2 heteroatoms. The minimum Gasteiger partial charge on any atom is -0.508 e. The predicted octanol–water partition coefficient (Wildman–Crippen LogP) is 4.97. The Bertz CT molecular complexity index is 635. The number of hydrogen-bond acceptors (Lipinski definition) is 2. The summed E-state index contributed by atoms with van der Waals surface area (Å²) in [6.07, 6.45) is 5.00. The smallest absolute Gasteiger partial charge is 0.127 e. The van der Waals surface area contributed by atoms with Crippen molar-refractivity contribution >= 4 is 11.3 Å². The summed E-state index contributed by atoms with van der Waals surface area (Å²) in [6.45, 7) is 8.23. The van der Waals surface area contributed by atoms with Crippen molar-refractivity contribution in [1.29, 1.82) is 0 Å². The van der Waals surface area contributed by atoms with Crippen LogP contribution in [0.1, 0.15) is 42.9 Å². The van der Waals surface area contributed by atoms with Crippen LogP contribution in [0.15, 0.2) is 42.4 Å². The van der Waals surface area contributed by atoms with E-state index in [0.717, 1.165) is 41.7 Å². The molecule has 0 spiro atoms. The summed E-state index contributed by atoms with van der Waals surface area (Å²) in [5, 5.41) is 10.4. The van der Waals surface area contributed by atoms with E-state index in [9.17, 15) is 5.11 Å². The molecule has 1 aromatic carbocycles. The topological polar surface area (TPSA) is 29.5 Å². The summed E-state index contributed by atoms with van der Waals surface area (Å²) in [7, 11) is 0. The third-order valence-corrected chi connectivity index (χ3v) is 4.03. The standard InChI is InChI=1S/C18H20O2/c1-4-5-13-9-16(19)18-15-8-11(2)6-7-14(15)12(3)20-17(18)10-13/h6-9,13,19H,3-5,10H2,1-2H3. The van der Waals surface area contributed by atoms with Crippen molar-refractivity contribution < 1.29 is 9.84 Å². The van der Waals surface area contributed by atoms with Gasteiger partial charge in [0.2, 0.25) is 0 Å². The Labute approximate surface area is 120 Å². The van der Waals surface area contributed by atoms with Crippen LogP contribution < -0.4 is 0 Å². The molecule has 0 fully saturated rings. The first-order valence-corrected chi connectivity index (χ1v) is 7.22. The molecule has 3 rings (SSSR count). The molecule has 1 heterocycles. The van der Waals surface area contributed by atoms with Crippen molar-refractivity contribution in [1.82, 2.24) is 0 Å². The lowest BCUT2D eigenvalue weighted by atomic mass is 9.84. The number of aliphatic hydroxyl groups excluding tert-OH is 1. The molecular formula is C18H20O2. The Balaban J connectivity index is 2.10. The number of benzene rings is 1. The molecule has 2 nitrogen and oxygen atoms in total. The summed E-state index contributed by atoms with van der Waals surface area (Å²) in [6, 6.07) is 6.16. The lowest BCUT2D eigenvalue weighted by Gasteiger charge is -2.30. The highest BCUT2D eigenvalue weighted by atomic mass is 16.5. The minimum atomic E-state index is 0.351. The van der Waals surface area contributed by atoms with Gasteiger partial charge in [-0.25, -0.2) is 0 Å². The zero-order valence-electron chi connectivity index (χ0n) is 12.1. The van der Waals surface area contributed by atoms with Crippen LogP contribution >= 0.6 is 0 Å². The molecule has 0 radical (unpaired) electrons. The van der Waals surface area contributed by atoms with Crippen molar-refractivity contribution in [3.8, 4) is 0 Å². The molecule has 20 heavy (non-hydrogen) atoms. The van der Waals surface area contributed by atoms with Gasteiger partial charge in [0, 0.05) is 12.0 Å². The maximum Gasteiger partial charge on any atom is 0.127 e. The molecule has 2 aliphatic rings. The van der Waals surface area contributed by atoms with E-state index in [2.05, 4.69) is 26.5 Å². The molecule has 1 aliphatic heterocycles. The SMILES string of the molecule is C=C1OC2=C(C(O)=CC(CCC)C2)c2cc(C)ccc21. The van der Waals surface area contributed by atoms with Crippen LogP contribution in [0.5, 0.6) is 0 Å². The Morgan fingerprint density at radius 3 is 2.90 bits per heavy atom. The second-order valence-electron chi connectivity index (χ2n) is 5.68. The van der Waals surface area contributed by atoms with Gasteiger partial charge in [-0.3, -0.25) is 0 Å². The van der Waals surface area contributed by atoms with Crippen LogP contribution in [0.25, 0.3) is 11.3 Å². The third-order valence-electron chi connectivity index (χ3n) is 4.03. The molecule has 1 N–H and O–H groups in total. The second-order valence-corrected chi connectivity index (χ2v) is 5.68. The quantitative estimate of drug-likeness (QED) is 0.820. The van der Waals surface area contributed by atoms with Gasteiger partial charge in [-0.15, -0.1) is 0 Å². The molecule has 0 bridgehead atoms. The van der Waals surface area contributed by atoms with Gasteiger partial charge in [0.05, 0.1) is 5.57 Å². The van der Waals surface area contributed by atoms with Crippen molar-refractivity contribution in [2.45, 2.75) is 33.1 Å². The Morgan fingerprint density at radius 2 is 2.15 bits per heavy atom. The highest BCUT2D eigenvalue weighted by Gasteiger charge is 2.30. The summed E-state index contributed by atoms with van der Waals surface area (Å²) in [5.74, 6) is 2.26. The first kappa shape index (κ1) is 13.0. The Morgan fingerprint density at radius 1 is 1.35 bits per heavy atom. The first-order chi connectivity index (χ1) is 9.60. The maximum atomic E-state index is 10.4.